The molecule has 146 valence electrons. The van der Waals surface area contributed by atoms with E-state index in [1.165, 1.54) is 30.6 Å². The predicted octanol–water partition coefficient (Wildman–Crippen LogP) is 0.422. The van der Waals surface area contributed by atoms with Crippen LogP contribution in [0.2, 0.25) is 0 Å². The van der Waals surface area contributed by atoms with Gasteiger partial charge in [-0.25, -0.2) is 4.79 Å². The highest BCUT2D eigenvalue weighted by Crippen LogP contribution is 2.32. The van der Waals surface area contributed by atoms with E-state index in [-0.39, 0.29) is 30.4 Å². The van der Waals surface area contributed by atoms with Crippen molar-refractivity contribution in [2.24, 2.45) is 0 Å². The number of likely N-dealkylation sites (N-methyl/N-ethyl adjacent to an activating group) is 1. The highest BCUT2D eigenvalue weighted by atomic mass is 16.5. The number of ether oxygens (including phenoxy) is 1. The zero-order valence-corrected chi connectivity index (χ0v) is 15.7. The summed E-state index contributed by atoms with van der Waals surface area (Å²) in [5.41, 5.74) is -0.0360. The largest absolute Gasteiger partial charge is 0.379 e. The first-order chi connectivity index (χ1) is 12.5. The first-order valence-electron chi connectivity index (χ1n) is 9.67. The van der Waals surface area contributed by atoms with Crippen LogP contribution >= 0.6 is 0 Å². The molecular formula is C18H30N4O4. The fraction of sp³-hybridized carbons (Fsp3) is 0.833. The van der Waals surface area contributed by atoms with E-state index < -0.39 is 6.03 Å². The van der Waals surface area contributed by atoms with E-state index in [4.69, 9.17) is 4.74 Å². The maximum absolute atomic E-state index is 12.4. The molecule has 0 bridgehead atoms. The Morgan fingerprint density at radius 2 is 1.77 bits per heavy atom. The van der Waals surface area contributed by atoms with E-state index in [0.29, 0.717) is 6.54 Å². The van der Waals surface area contributed by atoms with Gasteiger partial charge in [-0.15, -0.1) is 0 Å². The molecule has 2 saturated heterocycles. The third kappa shape index (κ3) is 4.17. The summed E-state index contributed by atoms with van der Waals surface area (Å²) < 4.78 is 5.50. The summed E-state index contributed by atoms with van der Waals surface area (Å²) in [5, 5.41) is 3.02. The normalized spacial score (nSPS) is 24.7. The molecule has 26 heavy (non-hydrogen) atoms. The molecule has 0 radical (unpaired) electrons. The number of carbonyl (C=O) groups excluding carboxylic acids is 3. The highest BCUT2D eigenvalue weighted by molar-refractivity contribution is 6.04. The average Bonchev–Trinajstić information content (AvgIpc) is 2.84. The monoisotopic (exact) mass is 366 g/mol. The number of morpholine rings is 1. The molecule has 1 aliphatic carbocycles. The van der Waals surface area contributed by atoms with Gasteiger partial charge < -0.3 is 15.0 Å². The molecular weight excluding hydrogens is 336 g/mol. The van der Waals surface area contributed by atoms with Gasteiger partial charge in [-0.2, -0.15) is 0 Å². The molecule has 0 aromatic rings. The van der Waals surface area contributed by atoms with Gasteiger partial charge in [0.1, 0.15) is 13.1 Å². The van der Waals surface area contributed by atoms with Crippen molar-refractivity contribution in [2.75, 3.05) is 53.0 Å². The van der Waals surface area contributed by atoms with E-state index in [9.17, 15) is 14.4 Å². The number of urea groups is 1. The lowest BCUT2D eigenvalue weighted by atomic mass is 9.87. The topological polar surface area (TPSA) is 82.2 Å². The zero-order chi connectivity index (χ0) is 18.6. The van der Waals surface area contributed by atoms with Gasteiger partial charge in [0.25, 0.3) is 5.91 Å². The summed E-state index contributed by atoms with van der Waals surface area (Å²) in [6.45, 7) is 3.67. The average molecular weight is 366 g/mol. The number of rotatable bonds is 5. The maximum atomic E-state index is 12.4. The molecule has 0 aromatic heterocycles. The summed E-state index contributed by atoms with van der Waals surface area (Å²) >= 11 is 0. The summed E-state index contributed by atoms with van der Waals surface area (Å²) in [6, 6.07) is -0.400. The second-order valence-corrected chi connectivity index (χ2v) is 7.63. The van der Waals surface area contributed by atoms with Crippen molar-refractivity contribution in [3.63, 3.8) is 0 Å². The zero-order valence-electron chi connectivity index (χ0n) is 15.7. The molecule has 0 unspecified atom stereocenters. The van der Waals surface area contributed by atoms with Crippen molar-refractivity contribution >= 4 is 17.8 Å². The Kier molecular flexibility index (Phi) is 6.13. The molecule has 2 aliphatic heterocycles. The SMILES string of the molecule is CN1CC(=O)N(CC(=O)NCC2(N3CCOCC3)CCCCCC2)C1=O. The fourth-order valence-electron chi connectivity index (χ4n) is 4.32. The lowest BCUT2D eigenvalue weighted by molar-refractivity contribution is -0.131. The van der Waals surface area contributed by atoms with Crippen LogP contribution in [0.3, 0.4) is 0 Å². The summed E-state index contributed by atoms with van der Waals surface area (Å²) in [6.07, 6.45) is 6.95. The Balaban J connectivity index is 1.61. The van der Waals surface area contributed by atoms with E-state index in [2.05, 4.69) is 10.2 Å². The van der Waals surface area contributed by atoms with Crippen LogP contribution in [0.25, 0.3) is 0 Å². The molecule has 0 spiro atoms. The van der Waals surface area contributed by atoms with Gasteiger partial charge in [0.15, 0.2) is 0 Å². The lowest BCUT2D eigenvalue weighted by Gasteiger charge is -2.45. The summed E-state index contributed by atoms with van der Waals surface area (Å²) in [5.74, 6) is -0.580. The smallest absolute Gasteiger partial charge is 0.327 e. The van der Waals surface area contributed by atoms with E-state index >= 15 is 0 Å². The van der Waals surface area contributed by atoms with Crippen LogP contribution in [0.4, 0.5) is 4.79 Å². The van der Waals surface area contributed by atoms with Crippen LogP contribution in [0.15, 0.2) is 0 Å². The van der Waals surface area contributed by atoms with Crippen LogP contribution in [0.1, 0.15) is 38.5 Å². The van der Waals surface area contributed by atoms with Gasteiger partial charge in [-0.3, -0.25) is 19.4 Å². The molecule has 3 fully saturated rings. The highest BCUT2D eigenvalue weighted by Gasteiger charge is 2.39. The number of carbonyl (C=O) groups is 3. The van der Waals surface area contributed by atoms with Crippen molar-refractivity contribution in [3.05, 3.63) is 0 Å². The van der Waals surface area contributed by atoms with Crippen molar-refractivity contribution in [1.82, 2.24) is 20.0 Å². The predicted molar refractivity (Wildman–Crippen MR) is 95.6 cm³/mol. The van der Waals surface area contributed by atoms with E-state index in [1.54, 1.807) is 7.05 Å². The lowest BCUT2D eigenvalue weighted by Crippen LogP contribution is -2.59. The number of hydrogen-bond donors (Lipinski definition) is 1. The van der Waals surface area contributed by atoms with Crippen molar-refractivity contribution in [1.29, 1.82) is 0 Å². The fourth-order valence-corrected chi connectivity index (χ4v) is 4.32. The third-order valence-corrected chi connectivity index (χ3v) is 5.86. The Hall–Kier alpha value is -1.67. The van der Waals surface area contributed by atoms with Gasteiger partial charge in [0.2, 0.25) is 5.91 Å². The molecule has 3 aliphatic rings. The first-order valence-corrected chi connectivity index (χ1v) is 9.67. The summed E-state index contributed by atoms with van der Waals surface area (Å²) in [7, 11) is 1.57. The van der Waals surface area contributed by atoms with E-state index in [1.807, 2.05) is 0 Å². The molecule has 8 heteroatoms. The Morgan fingerprint density at radius 1 is 1.12 bits per heavy atom. The van der Waals surface area contributed by atoms with Crippen LogP contribution < -0.4 is 5.32 Å². The van der Waals surface area contributed by atoms with Crippen LogP contribution in [0, 0.1) is 0 Å². The minimum atomic E-state index is -0.400. The minimum Gasteiger partial charge on any atom is -0.379 e. The number of nitrogens with one attached hydrogen (secondary N) is 1. The van der Waals surface area contributed by atoms with Gasteiger partial charge in [0.05, 0.1) is 13.2 Å². The number of nitrogens with zero attached hydrogens (tertiary/aromatic N) is 3. The molecule has 8 nitrogen and oxygen atoms in total. The molecule has 0 aromatic carbocycles. The van der Waals surface area contributed by atoms with Crippen LogP contribution in [-0.4, -0.2) is 91.1 Å². The van der Waals surface area contributed by atoms with Crippen molar-refractivity contribution in [3.8, 4) is 0 Å². The Bertz CT molecular complexity index is 539. The molecule has 4 amide bonds. The minimum absolute atomic E-state index is 0.0360. The quantitative estimate of drug-likeness (QED) is 0.563. The first kappa shape index (κ1) is 19.1. The molecule has 1 saturated carbocycles. The second-order valence-electron chi connectivity index (χ2n) is 7.63. The van der Waals surface area contributed by atoms with Crippen molar-refractivity contribution < 1.29 is 19.1 Å². The molecule has 0 atom stereocenters. The standard InChI is InChI=1S/C18H30N4O4/c1-20-13-16(24)22(17(20)25)12-15(23)19-14-18(6-4-2-3-5-7-18)21-8-10-26-11-9-21/h2-14H2,1H3,(H,19,23). The van der Waals surface area contributed by atoms with E-state index in [0.717, 1.165) is 44.0 Å². The van der Waals surface area contributed by atoms with Gasteiger partial charge in [-0.1, -0.05) is 25.7 Å². The van der Waals surface area contributed by atoms with Gasteiger partial charge in [-0.05, 0) is 12.8 Å². The van der Waals surface area contributed by atoms with Crippen LogP contribution in [0.5, 0.6) is 0 Å². The third-order valence-electron chi connectivity index (χ3n) is 5.86. The van der Waals surface area contributed by atoms with Crippen molar-refractivity contribution in [2.45, 2.75) is 44.1 Å². The second kappa shape index (κ2) is 8.35. The number of imide groups is 1. The Labute approximate surface area is 154 Å². The van der Waals surface area contributed by atoms with Crippen LogP contribution in [-0.2, 0) is 14.3 Å². The number of amides is 4. The summed E-state index contributed by atoms with van der Waals surface area (Å²) in [4.78, 5) is 41.1. The molecule has 2 heterocycles. The van der Waals surface area contributed by atoms with Gasteiger partial charge in [0, 0.05) is 32.2 Å². The maximum Gasteiger partial charge on any atom is 0.327 e. The van der Waals surface area contributed by atoms with Gasteiger partial charge >= 0.3 is 6.03 Å². The number of hydrogen-bond acceptors (Lipinski definition) is 5. The molecule has 1 N–H and O–H groups in total. The Morgan fingerprint density at radius 3 is 2.35 bits per heavy atom. The molecule has 3 rings (SSSR count).